The molecule has 0 aromatic rings. The molecule has 1 atom stereocenters. The fourth-order valence-corrected chi connectivity index (χ4v) is 0.977. The molecule has 13 heavy (non-hydrogen) atoms. The first-order chi connectivity index (χ1) is 4.70. The monoisotopic (exact) mass is 691 g/mol. The van der Waals surface area contributed by atoms with Gasteiger partial charge in [-0.15, -0.1) is 0 Å². The second-order valence-electron chi connectivity index (χ2n) is 1.38. The molecular formula is C4H6I2NO3SUV-. The molecule has 3 N–H and O–H groups in total. The third kappa shape index (κ3) is 10.8. The van der Waals surface area contributed by atoms with E-state index in [2.05, 4.69) is 49.5 Å². The molecular weight excluding hydrogens is 685 g/mol. The summed E-state index contributed by atoms with van der Waals surface area (Å²) >= 11 is 5.16. The zero-order chi connectivity index (χ0) is 8.15. The van der Waals surface area contributed by atoms with Crippen molar-refractivity contribution in [3.8, 4) is 0 Å². The van der Waals surface area contributed by atoms with E-state index in [4.69, 9.17) is 0 Å². The van der Waals surface area contributed by atoms with Gasteiger partial charge in [0.1, 0.15) is 0 Å². The molecule has 0 aromatic heterocycles. The molecule has 9 heteroatoms. The summed E-state index contributed by atoms with van der Waals surface area (Å²) in [6.07, 6.45) is 0. The number of nitrogens with one attached hydrogen (secondary N) is 1. The van der Waals surface area contributed by atoms with Crippen LogP contribution in [0.1, 0.15) is 0 Å². The quantitative estimate of drug-likeness (QED) is 0.306. The number of halogens is 2. The summed E-state index contributed by atoms with van der Waals surface area (Å²) in [6.45, 7) is 3.40. The standard InChI is InChI=1S/C4H4NO2S.I2.H2O.U.V/c1-2-3(6)5-4(7)8-2;1-2;;;/h2H,1H2,(H,5,6,7);;1H2;;/q-1;;;;. The summed E-state index contributed by atoms with van der Waals surface area (Å²) in [5, 5.41) is 1.35. The average molecular weight is 691 g/mol. The molecule has 1 fully saturated rings. The first-order valence-corrected chi connectivity index (χ1v) is 9.35. The Hall–Kier alpha value is 2.55. The number of amides is 2. The van der Waals surface area contributed by atoms with Crippen LogP contribution in [0.4, 0.5) is 4.79 Å². The number of hydrogen-bond acceptors (Lipinski definition) is 3. The summed E-state index contributed by atoms with van der Waals surface area (Å²) in [4.78, 5) is 20.6. The molecule has 0 aromatic carbocycles. The molecule has 0 spiro atoms. The van der Waals surface area contributed by atoms with Gasteiger partial charge in [-0.3, -0.25) is 14.9 Å². The maximum absolute atomic E-state index is 10.4. The number of carbonyl (C=O) groups is 2. The van der Waals surface area contributed by atoms with E-state index in [1.807, 2.05) is 0 Å². The minimum atomic E-state index is -0.442. The molecule has 75 valence electrons. The average Bonchev–Trinajstić information content (AvgIpc) is 2.16. The molecule has 4 nitrogen and oxygen atoms in total. The first kappa shape index (κ1) is 24.7. The van der Waals surface area contributed by atoms with Gasteiger partial charge in [-0.1, -0.05) is 11.8 Å². The van der Waals surface area contributed by atoms with Crippen molar-refractivity contribution < 1.29 is 64.7 Å². The maximum Gasteiger partial charge on any atom is 0.283 e. The molecule has 1 aliphatic heterocycles. The van der Waals surface area contributed by atoms with E-state index in [1.54, 1.807) is 0 Å². The van der Waals surface area contributed by atoms with E-state index in [-0.39, 0.29) is 66.3 Å². The smallest absolute Gasteiger partial charge is 0.283 e. The van der Waals surface area contributed by atoms with Crippen LogP contribution in [-0.4, -0.2) is 21.9 Å². The van der Waals surface area contributed by atoms with Crippen molar-refractivity contribution in [3.63, 3.8) is 0 Å². The zero-order valence-corrected chi connectivity index (χ0v) is 16.9. The number of rotatable bonds is 0. The Bertz CT molecular complexity index is 164. The van der Waals surface area contributed by atoms with E-state index in [0.29, 0.717) is 0 Å². The van der Waals surface area contributed by atoms with Crippen molar-refractivity contribution in [1.82, 2.24) is 5.32 Å². The normalized spacial score (nSPS) is 17.9. The van der Waals surface area contributed by atoms with Gasteiger partial charge in [0.25, 0.3) is 5.24 Å². The molecule has 0 aliphatic carbocycles. The van der Waals surface area contributed by atoms with Crippen molar-refractivity contribution in [1.29, 1.82) is 0 Å². The van der Waals surface area contributed by atoms with Crippen LogP contribution >= 0.6 is 49.0 Å². The van der Waals surface area contributed by atoms with Gasteiger partial charge in [-0.2, -0.15) is 0 Å². The van der Waals surface area contributed by atoms with E-state index < -0.39 is 5.25 Å². The number of thioether (sulfide) groups is 1. The second-order valence-corrected chi connectivity index (χ2v) is 2.56. The Balaban J connectivity index is -0.0000000761. The molecule has 1 rings (SSSR count). The van der Waals surface area contributed by atoms with Crippen LogP contribution in [-0.2, 0) is 23.4 Å². The Morgan fingerprint density at radius 2 is 1.77 bits per heavy atom. The fraction of sp³-hybridized carbons (Fsp3) is 0.250. The van der Waals surface area contributed by atoms with Crippen LogP contribution in [0.2, 0.25) is 0 Å². The SMILES string of the molecule is II.O.[CH2-]C1SC(=O)NC1=O.[U].[V]. The van der Waals surface area contributed by atoms with E-state index in [0.717, 1.165) is 11.8 Å². The minimum Gasteiger partial charge on any atom is -0.412 e. The molecule has 2 amide bonds. The first-order valence-electron chi connectivity index (χ1n) is 2.19. The number of carbonyl (C=O) groups excluding carboxylic acids is 2. The predicted molar refractivity (Wildman–Crippen MR) is 61.9 cm³/mol. The van der Waals surface area contributed by atoms with Gasteiger partial charge in [0.05, 0.1) is 0 Å². The van der Waals surface area contributed by atoms with Crippen molar-refractivity contribution in [2.75, 3.05) is 0 Å². The van der Waals surface area contributed by atoms with E-state index >= 15 is 0 Å². The van der Waals surface area contributed by atoms with Gasteiger partial charge in [0, 0.05) is 86.9 Å². The van der Waals surface area contributed by atoms with Crippen molar-refractivity contribution in [3.05, 3.63) is 6.92 Å². The van der Waals surface area contributed by atoms with Crippen LogP contribution in [0.3, 0.4) is 0 Å². The fourth-order valence-electron chi connectivity index (χ4n) is 0.393. The van der Waals surface area contributed by atoms with Gasteiger partial charge in [-0.25, -0.2) is 0 Å². The van der Waals surface area contributed by atoms with Crippen LogP contribution in [0.15, 0.2) is 0 Å². The Kier molecular flexibility index (Phi) is 27.6. The maximum atomic E-state index is 10.4. The largest absolute Gasteiger partial charge is 0.412 e. The molecule has 1 saturated heterocycles. The summed E-state index contributed by atoms with van der Waals surface area (Å²) in [7, 11) is 0. The molecule has 1 unspecified atom stereocenters. The molecule has 1 aliphatic rings. The zero-order valence-electron chi connectivity index (χ0n) is 6.21. The molecule has 1 heterocycles. The summed E-state index contributed by atoms with van der Waals surface area (Å²) in [6, 6.07) is 0. The number of imide groups is 1. The van der Waals surface area contributed by atoms with Gasteiger partial charge >= 0.3 is 0 Å². The van der Waals surface area contributed by atoms with Gasteiger partial charge < -0.3 is 12.4 Å². The van der Waals surface area contributed by atoms with Crippen molar-refractivity contribution >= 4 is 60.1 Å². The Labute approximate surface area is 140 Å². The summed E-state index contributed by atoms with van der Waals surface area (Å²) < 4.78 is 0. The minimum absolute atomic E-state index is 0. The predicted octanol–water partition coefficient (Wildman–Crippen LogP) is 1.12. The second kappa shape index (κ2) is 14.5. The number of hydrogen-bond donors (Lipinski definition) is 1. The molecule has 1 radical (unpaired) electrons. The van der Waals surface area contributed by atoms with Gasteiger partial charge in [0.2, 0.25) is 5.91 Å². The molecule has 0 bridgehead atoms. The third-order valence-electron chi connectivity index (χ3n) is 0.767. The van der Waals surface area contributed by atoms with Crippen LogP contribution < -0.4 is 5.32 Å². The third-order valence-corrected chi connectivity index (χ3v) is 1.58. The van der Waals surface area contributed by atoms with E-state index in [1.165, 1.54) is 0 Å². The van der Waals surface area contributed by atoms with Gasteiger partial charge in [0.15, 0.2) is 0 Å². The van der Waals surface area contributed by atoms with Crippen LogP contribution in [0.25, 0.3) is 0 Å². The molecule has 0 saturated carbocycles. The Morgan fingerprint density at radius 1 is 1.38 bits per heavy atom. The summed E-state index contributed by atoms with van der Waals surface area (Å²) in [5.74, 6) is -0.292. The topological polar surface area (TPSA) is 77.7 Å². The summed E-state index contributed by atoms with van der Waals surface area (Å²) in [5.41, 5.74) is 0. The van der Waals surface area contributed by atoms with Crippen molar-refractivity contribution in [2.24, 2.45) is 0 Å². The van der Waals surface area contributed by atoms with Gasteiger partial charge in [-0.05, 0) is 5.25 Å². The Morgan fingerprint density at radius 3 is 1.85 bits per heavy atom. The van der Waals surface area contributed by atoms with Crippen molar-refractivity contribution in [2.45, 2.75) is 5.25 Å². The van der Waals surface area contributed by atoms with Crippen LogP contribution in [0, 0.1) is 38.0 Å². The van der Waals surface area contributed by atoms with Crippen LogP contribution in [0.5, 0.6) is 0 Å². The van der Waals surface area contributed by atoms with E-state index in [9.17, 15) is 9.59 Å².